The zero-order valence-corrected chi connectivity index (χ0v) is 23.0. The van der Waals surface area contributed by atoms with Crippen LogP contribution < -0.4 is 10.6 Å². The summed E-state index contributed by atoms with van der Waals surface area (Å²) in [5.74, 6) is 2.26. The van der Waals surface area contributed by atoms with Gasteiger partial charge in [0.25, 0.3) is 0 Å². The number of fused-ring (bicyclic) bond motifs is 2. The van der Waals surface area contributed by atoms with Crippen LogP contribution in [0, 0.1) is 0 Å². The minimum absolute atomic E-state index is 0.169. The molecule has 5 heterocycles. The average molecular weight is 532 g/mol. The largest absolute Gasteiger partial charge is 0.378 e. The van der Waals surface area contributed by atoms with Crippen LogP contribution in [0.5, 0.6) is 0 Å². The number of anilines is 1. The maximum atomic E-state index is 11.6. The van der Waals surface area contributed by atoms with Crippen LogP contribution in [0.25, 0.3) is 33.5 Å². The number of aromatic nitrogens is 5. The molecule has 0 atom stereocenters. The first kappa shape index (κ1) is 25.7. The lowest BCUT2D eigenvalue weighted by molar-refractivity contribution is -0.121. The molecule has 2 fully saturated rings. The summed E-state index contributed by atoms with van der Waals surface area (Å²) in [5.41, 5.74) is 9.10. The zero-order valence-electron chi connectivity index (χ0n) is 23.0. The lowest BCUT2D eigenvalue weighted by atomic mass is 9.98. The van der Waals surface area contributed by atoms with Crippen molar-refractivity contribution in [3.63, 3.8) is 0 Å². The predicted octanol–water partition coefficient (Wildman–Crippen LogP) is 2.21. The molecular formula is C28H37N9O2. The van der Waals surface area contributed by atoms with E-state index in [4.69, 9.17) is 25.4 Å². The molecule has 0 unspecified atom stereocenters. The SMILES string of the molecule is CCn1c(CN2CCN(CC(N)=O)C(C)(C)C2)nc2c(N3CCOCC3)nc(-c3cccc4[nH]ccc34)nc21. The van der Waals surface area contributed by atoms with Crippen LogP contribution in [-0.2, 0) is 22.6 Å². The molecule has 1 aromatic carbocycles. The van der Waals surface area contributed by atoms with Gasteiger partial charge in [-0.15, -0.1) is 0 Å². The average Bonchev–Trinajstić information content (AvgIpc) is 3.54. The molecule has 0 radical (unpaired) electrons. The fourth-order valence-corrected chi connectivity index (χ4v) is 5.99. The molecule has 0 aliphatic carbocycles. The third-order valence-electron chi connectivity index (χ3n) is 7.98. The van der Waals surface area contributed by atoms with Gasteiger partial charge in [-0.2, -0.15) is 0 Å². The number of benzene rings is 1. The number of carbonyl (C=O) groups is 1. The molecule has 11 nitrogen and oxygen atoms in total. The number of carbonyl (C=O) groups excluding carboxylic acids is 1. The number of primary amides is 1. The second-order valence-corrected chi connectivity index (χ2v) is 11.1. The highest BCUT2D eigenvalue weighted by atomic mass is 16.5. The number of hydrogen-bond donors (Lipinski definition) is 2. The Morgan fingerprint density at radius 1 is 1.10 bits per heavy atom. The lowest BCUT2D eigenvalue weighted by Crippen LogP contribution is -2.60. The summed E-state index contributed by atoms with van der Waals surface area (Å²) in [6, 6.07) is 8.27. The van der Waals surface area contributed by atoms with Crippen LogP contribution in [0.15, 0.2) is 30.5 Å². The third-order valence-corrected chi connectivity index (χ3v) is 7.98. The number of nitrogens with one attached hydrogen (secondary N) is 1. The fourth-order valence-electron chi connectivity index (χ4n) is 5.99. The molecule has 0 spiro atoms. The van der Waals surface area contributed by atoms with Crippen molar-refractivity contribution in [1.29, 1.82) is 0 Å². The smallest absolute Gasteiger partial charge is 0.231 e. The summed E-state index contributed by atoms with van der Waals surface area (Å²) in [6.07, 6.45) is 1.95. The van der Waals surface area contributed by atoms with Gasteiger partial charge in [-0.05, 0) is 32.9 Å². The van der Waals surface area contributed by atoms with Gasteiger partial charge in [0, 0.05) is 67.5 Å². The number of H-pyrrole nitrogens is 1. The first-order valence-electron chi connectivity index (χ1n) is 13.8. The Hall–Kier alpha value is -3.54. The third kappa shape index (κ3) is 4.86. The molecule has 11 heteroatoms. The summed E-state index contributed by atoms with van der Waals surface area (Å²) in [5, 5.41) is 1.10. The van der Waals surface area contributed by atoms with Gasteiger partial charge in [-0.25, -0.2) is 15.0 Å². The van der Waals surface area contributed by atoms with Crippen LogP contribution in [0.2, 0.25) is 0 Å². The Balaban J connectivity index is 1.41. The molecule has 2 aliphatic rings. The minimum Gasteiger partial charge on any atom is -0.378 e. The molecule has 206 valence electrons. The summed E-state index contributed by atoms with van der Waals surface area (Å²) in [6.45, 7) is 13.5. The monoisotopic (exact) mass is 531 g/mol. The number of imidazole rings is 1. The molecule has 0 bridgehead atoms. The standard InChI is InChI=1S/C28H37N9O2/c1-4-37-23(17-34-10-11-36(16-22(29)38)28(2,3)18-34)31-24-26(35-12-14-39-15-13-35)32-25(33-27(24)37)20-6-5-7-21-19(20)8-9-30-21/h5-9,30H,4,10-18H2,1-3H3,(H2,29,38). The number of rotatable bonds is 7. The van der Waals surface area contributed by atoms with E-state index >= 15 is 0 Å². The Morgan fingerprint density at radius 3 is 2.67 bits per heavy atom. The highest BCUT2D eigenvalue weighted by molar-refractivity contribution is 5.95. The quantitative estimate of drug-likeness (QED) is 0.372. The molecule has 3 aromatic heterocycles. The molecular weight excluding hydrogens is 494 g/mol. The molecule has 4 aromatic rings. The second-order valence-electron chi connectivity index (χ2n) is 11.1. The number of aromatic amines is 1. The maximum Gasteiger partial charge on any atom is 0.231 e. The van der Waals surface area contributed by atoms with Gasteiger partial charge in [-0.1, -0.05) is 12.1 Å². The highest BCUT2D eigenvalue weighted by Crippen LogP contribution is 2.32. The van der Waals surface area contributed by atoms with Gasteiger partial charge in [0.15, 0.2) is 22.8 Å². The number of morpholine rings is 1. The number of nitrogens with two attached hydrogens (primary N) is 1. The number of hydrogen-bond acceptors (Lipinski definition) is 8. The maximum absolute atomic E-state index is 11.6. The Bertz CT molecular complexity index is 1500. The first-order chi connectivity index (χ1) is 18.8. The van der Waals surface area contributed by atoms with E-state index in [1.807, 2.05) is 12.3 Å². The van der Waals surface area contributed by atoms with E-state index in [-0.39, 0.29) is 18.0 Å². The minimum atomic E-state index is -0.287. The lowest BCUT2D eigenvalue weighted by Gasteiger charge is -2.46. The normalized spacial score (nSPS) is 18.8. The summed E-state index contributed by atoms with van der Waals surface area (Å²) in [7, 11) is 0. The van der Waals surface area contributed by atoms with Crippen molar-refractivity contribution in [2.45, 2.75) is 39.4 Å². The molecule has 1 amide bonds. The van der Waals surface area contributed by atoms with Gasteiger partial charge < -0.3 is 24.9 Å². The van der Waals surface area contributed by atoms with Crippen molar-refractivity contribution in [1.82, 2.24) is 34.3 Å². The van der Waals surface area contributed by atoms with Crippen LogP contribution in [0.3, 0.4) is 0 Å². The molecule has 2 aliphatic heterocycles. The number of piperazine rings is 1. The van der Waals surface area contributed by atoms with Crippen molar-refractivity contribution in [2.75, 3.05) is 57.4 Å². The zero-order chi connectivity index (χ0) is 27.1. The van der Waals surface area contributed by atoms with Crippen molar-refractivity contribution in [3.8, 4) is 11.4 Å². The number of nitrogens with zero attached hydrogens (tertiary/aromatic N) is 7. The van der Waals surface area contributed by atoms with E-state index < -0.39 is 0 Å². The molecule has 0 saturated carbocycles. The number of ether oxygens (including phenoxy) is 1. The summed E-state index contributed by atoms with van der Waals surface area (Å²) < 4.78 is 7.87. The van der Waals surface area contributed by atoms with E-state index in [1.54, 1.807) is 0 Å². The van der Waals surface area contributed by atoms with E-state index in [0.717, 1.165) is 78.5 Å². The van der Waals surface area contributed by atoms with Crippen LogP contribution in [-0.4, -0.2) is 98.2 Å². The van der Waals surface area contributed by atoms with Crippen molar-refractivity contribution < 1.29 is 9.53 Å². The van der Waals surface area contributed by atoms with Crippen molar-refractivity contribution >= 4 is 33.8 Å². The highest BCUT2D eigenvalue weighted by Gasteiger charge is 2.35. The van der Waals surface area contributed by atoms with Crippen molar-refractivity contribution in [3.05, 3.63) is 36.3 Å². The second kappa shape index (κ2) is 10.2. The Morgan fingerprint density at radius 2 is 1.92 bits per heavy atom. The van der Waals surface area contributed by atoms with Gasteiger partial charge in [0.1, 0.15) is 5.82 Å². The molecule has 6 rings (SSSR count). The summed E-state index contributed by atoms with van der Waals surface area (Å²) in [4.78, 5) is 37.2. The number of aryl methyl sites for hydroxylation is 1. The Kier molecular flexibility index (Phi) is 6.74. The van der Waals surface area contributed by atoms with E-state index in [1.165, 1.54) is 0 Å². The molecule has 3 N–H and O–H groups in total. The summed E-state index contributed by atoms with van der Waals surface area (Å²) >= 11 is 0. The van der Waals surface area contributed by atoms with Gasteiger partial charge >= 0.3 is 0 Å². The van der Waals surface area contributed by atoms with Gasteiger partial charge in [0.2, 0.25) is 5.91 Å². The first-order valence-corrected chi connectivity index (χ1v) is 13.8. The fraction of sp³-hybridized carbons (Fsp3) is 0.500. The topological polar surface area (TPSA) is 121 Å². The van der Waals surface area contributed by atoms with Crippen molar-refractivity contribution in [2.24, 2.45) is 5.73 Å². The Labute approximate surface area is 227 Å². The van der Waals surface area contributed by atoms with E-state index in [9.17, 15) is 4.79 Å². The van der Waals surface area contributed by atoms with E-state index in [0.29, 0.717) is 25.6 Å². The van der Waals surface area contributed by atoms with Crippen LogP contribution >= 0.6 is 0 Å². The molecule has 39 heavy (non-hydrogen) atoms. The van der Waals surface area contributed by atoms with E-state index in [2.05, 4.69) is 63.2 Å². The van der Waals surface area contributed by atoms with Crippen LogP contribution in [0.1, 0.15) is 26.6 Å². The number of amides is 1. The van der Waals surface area contributed by atoms with Crippen LogP contribution in [0.4, 0.5) is 5.82 Å². The molecule has 2 saturated heterocycles. The predicted molar refractivity (Wildman–Crippen MR) is 151 cm³/mol. The van der Waals surface area contributed by atoms with Gasteiger partial charge in [-0.3, -0.25) is 14.6 Å². The van der Waals surface area contributed by atoms with Gasteiger partial charge in [0.05, 0.1) is 26.3 Å².